The average molecular weight is 599 g/mol. The summed E-state index contributed by atoms with van der Waals surface area (Å²) < 4.78 is 29.4. The van der Waals surface area contributed by atoms with E-state index in [0.29, 0.717) is 23.9 Å². The van der Waals surface area contributed by atoms with E-state index in [1.165, 1.54) is 63.4 Å². The monoisotopic (exact) mass is 598 g/mol. The molecule has 2 atom stereocenters. The first kappa shape index (κ1) is 37.8. The van der Waals surface area contributed by atoms with Crippen LogP contribution in [0.15, 0.2) is 24.3 Å². The fraction of sp³-hybridized carbons (Fsp3) is 0.788. The van der Waals surface area contributed by atoms with E-state index in [9.17, 15) is 14.3 Å². The molecule has 0 radical (unpaired) electrons. The van der Waals surface area contributed by atoms with Crippen LogP contribution in [0.4, 0.5) is 0 Å². The van der Waals surface area contributed by atoms with E-state index in [4.69, 9.17) is 13.8 Å². The molecule has 0 heterocycles. The lowest BCUT2D eigenvalue weighted by Gasteiger charge is -2.24. The number of carbonyl (C=O) groups excluding carboxylic acids is 1. The van der Waals surface area contributed by atoms with Crippen LogP contribution in [0.5, 0.6) is 5.75 Å². The second-order valence-electron chi connectivity index (χ2n) is 12.5. The van der Waals surface area contributed by atoms with Crippen LogP contribution in [-0.4, -0.2) is 62.7 Å². The van der Waals surface area contributed by atoms with Crippen LogP contribution in [0.3, 0.4) is 0 Å². The van der Waals surface area contributed by atoms with Gasteiger partial charge in [-0.1, -0.05) is 83.8 Å². The molecule has 0 fully saturated rings. The molecule has 0 aliphatic heterocycles. The Labute approximate surface area is 251 Å². The zero-order chi connectivity index (χ0) is 30.4. The van der Waals surface area contributed by atoms with Crippen molar-refractivity contribution >= 4 is 13.6 Å². The number of carbonyl (C=O) groups is 1. The van der Waals surface area contributed by atoms with Gasteiger partial charge in [-0.3, -0.25) is 13.8 Å². The van der Waals surface area contributed by atoms with Gasteiger partial charge >= 0.3 is 7.82 Å². The molecule has 0 aromatic heterocycles. The van der Waals surface area contributed by atoms with E-state index >= 15 is 0 Å². The van der Waals surface area contributed by atoms with Crippen molar-refractivity contribution in [3.8, 4) is 5.75 Å². The summed E-state index contributed by atoms with van der Waals surface area (Å²) >= 11 is 0. The molecule has 2 unspecified atom stereocenters. The van der Waals surface area contributed by atoms with Gasteiger partial charge in [0.1, 0.15) is 24.7 Å². The second-order valence-corrected chi connectivity index (χ2v) is 14.0. The summed E-state index contributed by atoms with van der Waals surface area (Å²) in [5, 5.41) is 0. The molecule has 1 aromatic rings. The van der Waals surface area contributed by atoms with Crippen LogP contribution < -0.4 is 4.74 Å². The molecule has 238 valence electrons. The molecule has 8 heteroatoms. The van der Waals surface area contributed by atoms with Crippen molar-refractivity contribution in [2.24, 2.45) is 5.92 Å². The average Bonchev–Trinajstić information content (AvgIpc) is 2.90. The number of unbranched alkanes of at least 4 members (excludes halogenated alkanes) is 9. The number of phosphoric ester groups is 1. The SMILES string of the molecule is CCCCCCCCCCCCOc1ccc(CCCC(COP(=O)(O)OCC[N+](C)(C)C)CC(=O)CCC)cc1. The number of hydrogen-bond acceptors (Lipinski definition) is 5. The molecule has 0 saturated carbocycles. The number of rotatable bonds is 27. The van der Waals surface area contributed by atoms with Gasteiger partial charge in [0.15, 0.2) is 0 Å². The third-order valence-corrected chi connectivity index (χ3v) is 8.29. The first-order chi connectivity index (χ1) is 19.5. The lowest BCUT2D eigenvalue weighted by atomic mass is 9.94. The van der Waals surface area contributed by atoms with Crippen molar-refractivity contribution < 1.29 is 32.5 Å². The Morgan fingerprint density at radius 2 is 1.44 bits per heavy atom. The molecule has 0 aliphatic rings. The topological polar surface area (TPSA) is 82.1 Å². The largest absolute Gasteiger partial charge is 0.494 e. The molecule has 1 N–H and O–H groups in total. The molecule has 0 bridgehead atoms. The number of Topliss-reactive ketones (excluding diaryl/α,β-unsaturated/α-hetero) is 1. The normalized spacial score (nSPS) is 14.1. The van der Waals surface area contributed by atoms with Gasteiger partial charge < -0.3 is 14.1 Å². The number of quaternary nitrogens is 1. The van der Waals surface area contributed by atoms with Crippen molar-refractivity contribution in [3.63, 3.8) is 0 Å². The van der Waals surface area contributed by atoms with Crippen LogP contribution in [0.2, 0.25) is 0 Å². The number of benzene rings is 1. The van der Waals surface area contributed by atoms with Crippen molar-refractivity contribution in [2.75, 3.05) is 47.5 Å². The molecule has 0 spiro atoms. The maximum absolute atomic E-state index is 12.3. The van der Waals surface area contributed by atoms with Crippen molar-refractivity contribution in [3.05, 3.63) is 29.8 Å². The lowest BCUT2D eigenvalue weighted by Crippen LogP contribution is -2.37. The fourth-order valence-corrected chi connectivity index (χ4v) is 5.53. The van der Waals surface area contributed by atoms with Gasteiger partial charge in [0, 0.05) is 12.8 Å². The molecule has 0 aliphatic carbocycles. The first-order valence-electron chi connectivity index (χ1n) is 16.2. The number of likely N-dealkylation sites (N-methyl/N-ethyl adjacent to an activating group) is 1. The minimum atomic E-state index is -4.15. The third-order valence-electron chi connectivity index (χ3n) is 7.30. The Morgan fingerprint density at radius 1 is 0.829 bits per heavy atom. The summed E-state index contributed by atoms with van der Waals surface area (Å²) in [6.45, 7) is 5.78. The minimum Gasteiger partial charge on any atom is -0.494 e. The Balaban J connectivity index is 2.34. The third kappa shape index (κ3) is 22.0. The van der Waals surface area contributed by atoms with Gasteiger partial charge in [0.05, 0.1) is 34.4 Å². The zero-order valence-corrected chi connectivity index (χ0v) is 27.8. The van der Waals surface area contributed by atoms with Gasteiger partial charge in [-0.25, -0.2) is 4.57 Å². The summed E-state index contributed by atoms with van der Waals surface area (Å²) in [6.07, 6.45) is 17.3. The molecule has 0 amide bonds. The highest BCUT2D eigenvalue weighted by atomic mass is 31.2. The van der Waals surface area contributed by atoms with Gasteiger partial charge in [0.2, 0.25) is 0 Å². The first-order valence-corrected chi connectivity index (χ1v) is 17.7. The molecular formula is C33H61NO6P+. The van der Waals surface area contributed by atoms with Crippen molar-refractivity contribution in [1.29, 1.82) is 0 Å². The van der Waals surface area contributed by atoms with E-state index in [2.05, 4.69) is 19.1 Å². The summed E-state index contributed by atoms with van der Waals surface area (Å²) in [5.74, 6) is 0.967. The Hall–Kier alpha value is -1.24. The van der Waals surface area contributed by atoms with E-state index < -0.39 is 7.82 Å². The number of aryl methyl sites for hydroxylation is 1. The van der Waals surface area contributed by atoms with Gasteiger partial charge in [-0.15, -0.1) is 0 Å². The van der Waals surface area contributed by atoms with Crippen LogP contribution in [0, 0.1) is 5.92 Å². The van der Waals surface area contributed by atoms with Crippen LogP contribution in [0.25, 0.3) is 0 Å². The van der Waals surface area contributed by atoms with Crippen LogP contribution in [-0.2, 0) is 24.8 Å². The molecular weight excluding hydrogens is 537 g/mol. The lowest BCUT2D eigenvalue weighted by molar-refractivity contribution is -0.870. The minimum absolute atomic E-state index is 0.0410. The van der Waals surface area contributed by atoms with E-state index in [-0.39, 0.29) is 24.9 Å². The molecule has 41 heavy (non-hydrogen) atoms. The molecule has 1 rings (SSSR count). The number of phosphoric acid groups is 1. The molecule has 1 aromatic carbocycles. The Bertz CT molecular complexity index is 839. The number of ether oxygens (including phenoxy) is 1. The van der Waals surface area contributed by atoms with E-state index in [1.54, 1.807) is 0 Å². The fourth-order valence-electron chi connectivity index (χ4n) is 4.74. The summed E-state index contributed by atoms with van der Waals surface area (Å²) in [7, 11) is 1.82. The predicted octanol–water partition coefficient (Wildman–Crippen LogP) is 8.52. The zero-order valence-electron chi connectivity index (χ0n) is 26.9. The quantitative estimate of drug-likeness (QED) is 0.0621. The maximum Gasteiger partial charge on any atom is 0.472 e. The summed E-state index contributed by atoms with van der Waals surface area (Å²) in [4.78, 5) is 22.4. The highest BCUT2D eigenvalue weighted by Gasteiger charge is 2.25. The molecule has 0 saturated heterocycles. The van der Waals surface area contributed by atoms with Crippen LogP contribution in [0.1, 0.15) is 116 Å². The highest BCUT2D eigenvalue weighted by Crippen LogP contribution is 2.44. The number of hydrogen-bond donors (Lipinski definition) is 1. The number of ketones is 1. The molecule has 7 nitrogen and oxygen atoms in total. The van der Waals surface area contributed by atoms with Crippen molar-refractivity contribution in [2.45, 2.75) is 117 Å². The highest BCUT2D eigenvalue weighted by molar-refractivity contribution is 7.47. The van der Waals surface area contributed by atoms with Gasteiger partial charge in [-0.2, -0.15) is 0 Å². The number of nitrogens with zero attached hydrogens (tertiary/aromatic N) is 1. The summed E-state index contributed by atoms with van der Waals surface area (Å²) in [5.41, 5.74) is 1.22. The Kier molecular flexibility index (Phi) is 20.6. The van der Waals surface area contributed by atoms with E-state index in [0.717, 1.165) is 44.5 Å². The van der Waals surface area contributed by atoms with Crippen LogP contribution >= 0.6 is 7.82 Å². The van der Waals surface area contributed by atoms with E-state index in [1.807, 2.05) is 40.2 Å². The maximum atomic E-state index is 12.3. The van der Waals surface area contributed by atoms with Crippen molar-refractivity contribution in [1.82, 2.24) is 0 Å². The standard InChI is InChI=1S/C33H60NO6P/c1-6-8-9-10-11-12-13-14-15-16-26-38-33-23-21-30(22-24-33)19-17-20-31(28-32(35)18-7-2)29-40-41(36,37)39-27-25-34(3,4)5/h21-24,31H,6-20,25-29H2,1-5H3/p+1. The predicted molar refractivity (Wildman–Crippen MR) is 169 cm³/mol. The summed E-state index contributed by atoms with van der Waals surface area (Å²) in [6, 6.07) is 8.27. The Morgan fingerprint density at radius 3 is 2.02 bits per heavy atom. The van der Waals surface area contributed by atoms with Gasteiger partial charge in [-0.05, 0) is 55.7 Å². The van der Waals surface area contributed by atoms with Gasteiger partial charge in [0.25, 0.3) is 0 Å². The smallest absolute Gasteiger partial charge is 0.472 e. The second kappa shape index (κ2) is 22.3.